The van der Waals surface area contributed by atoms with Crippen LogP contribution in [0.25, 0.3) is 0 Å². The van der Waals surface area contributed by atoms with E-state index in [1.165, 1.54) is 6.07 Å². The van der Waals surface area contributed by atoms with Crippen LogP contribution < -0.4 is 5.73 Å². The molecule has 4 nitrogen and oxygen atoms in total. The molecule has 1 rings (SSSR count). The number of carbonyl (C=O) groups is 2. The van der Waals surface area contributed by atoms with E-state index in [4.69, 9.17) is 28.9 Å². The Kier molecular flexibility index (Phi) is 6.99. The first-order chi connectivity index (χ1) is 9.43. The molecule has 110 valence electrons. The van der Waals surface area contributed by atoms with E-state index in [1.54, 1.807) is 17.0 Å². The van der Waals surface area contributed by atoms with Gasteiger partial charge >= 0.3 is 0 Å². The number of Topliss-reactive ketones (excluding diaryl/α,β-unsaturated/α-hetero) is 1. The zero-order valence-corrected chi connectivity index (χ0v) is 12.9. The second-order valence-electron chi connectivity index (χ2n) is 4.58. The summed E-state index contributed by atoms with van der Waals surface area (Å²) in [5.41, 5.74) is 5.67. The molecule has 0 spiro atoms. The van der Waals surface area contributed by atoms with Gasteiger partial charge in [-0.25, -0.2) is 0 Å². The minimum atomic E-state index is -0.442. The molecule has 0 aromatic heterocycles. The van der Waals surface area contributed by atoms with Crippen molar-refractivity contribution in [2.24, 2.45) is 5.73 Å². The lowest BCUT2D eigenvalue weighted by Crippen LogP contribution is -2.38. The van der Waals surface area contributed by atoms with Gasteiger partial charge in [-0.05, 0) is 31.2 Å². The van der Waals surface area contributed by atoms with Crippen molar-refractivity contribution in [3.63, 3.8) is 0 Å². The Morgan fingerprint density at radius 3 is 2.45 bits per heavy atom. The van der Waals surface area contributed by atoms with Gasteiger partial charge in [-0.1, -0.05) is 36.5 Å². The van der Waals surface area contributed by atoms with E-state index >= 15 is 0 Å². The van der Waals surface area contributed by atoms with Crippen molar-refractivity contribution in [2.45, 2.75) is 19.8 Å². The van der Waals surface area contributed by atoms with Crippen molar-refractivity contribution in [1.82, 2.24) is 4.90 Å². The normalized spacial score (nSPS) is 10.8. The lowest BCUT2D eigenvalue weighted by atomic mass is 10.1. The van der Waals surface area contributed by atoms with Crippen LogP contribution in [0, 0.1) is 0 Å². The number of unbranched alkanes of at least 4 members (excludes halogenated alkanes) is 1. The molecule has 0 saturated heterocycles. The van der Waals surface area contributed by atoms with Crippen molar-refractivity contribution < 1.29 is 9.59 Å². The summed E-state index contributed by atoms with van der Waals surface area (Å²) < 4.78 is 0. The number of nitrogens with two attached hydrogens (primary N) is 1. The van der Waals surface area contributed by atoms with E-state index in [1.807, 2.05) is 6.92 Å². The number of rotatable bonds is 8. The first-order valence-corrected chi connectivity index (χ1v) is 7.18. The Labute approximate surface area is 128 Å². The summed E-state index contributed by atoms with van der Waals surface area (Å²) in [6, 6.07) is 4.74. The third-order valence-corrected chi connectivity index (χ3v) is 3.56. The molecule has 1 amide bonds. The molecule has 0 atom stereocenters. The molecule has 2 N–H and O–H groups in total. The van der Waals surface area contributed by atoms with E-state index < -0.39 is 5.91 Å². The van der Waals surface area contributed by atoms with Gasteiger partial charge in [0.15, 0.2) is 5.78 Å². The third-order valence-electron chi connectivity index (χ3n) is 2.82. The quantitative estimate of drug-likeness (QED) is 0.750. The van der Waals surface area contributed by atoms with E-state index in [2.05, 4.69) is 0 Å². The van der Waals surface area contributed by atoms with Gasteiger partial charge in [-0.3, -0.25) is 14.5 Å². The molecule has 1 aromatic rings. The van der Waals surface area contributed by atoms with Crippen LogP contribution in [0.5, 0.6) is 0 Å². The van der Waals surface area contributed by atoms with Crippen LogP contribution in [0.15, 0.2) is 18.2 Å². The maximum Gasteiger partial charge on any atom is 0.231 e. The lowest BCUT2D eigenvalue weighted by molar-refractivity contribution is -0.119. The van der Waals surface area contributed by atoms with Gasteiger partial charge in [0.1, 0.15) is 0 Å². The summed E-state index contributed by atoms with van der Waals surface area (Å²) in [4.78, 5) is 24.9. The molecule has 20 heavy (non-hydrogen) atoms. The van der Waals surface area contributed by atoms with Crippen LogP contribution in [-0.2, 0) is 4.79 Å². The first-order valence-electron chi connectivity index (χ1n) is 6.43. The minimum absolute atomic E-state index is 0.0765. The highest BCUT2D eigenvalue weighted by Gasteiger charge is 2.15. The van der Waals surface area contributed by atoms with Crippen LogP contribution in [-0.4, -0.2) is 36.2 Å². The summed E-state index contributed by atoms with van der Waals surface area (Å²) in [6.07, 6.45) is 1.89. The Hall–Kier alpha value is -1.10. The predicted octanol–water partition coefficient (Wildman–Crippen LogP) is 2.76. The molecule has 0 fully saturated rings. The molecule has 0 unspecified atom stereocenters. The summed E-state index contributed by atoms with van der Waals surface area (Å²) >= 11 is 11.7. The average molecular weight is 317 g/mol. The molecule has 0 radical (unpaired) electrons. The predicted molar refractivity (Wildman–Crippen MR) is 81.3 cm³/mol. The summed E-state index contributed by atoms with van der Waals surface area (Å²) in [5, 5.41) is 0.746. The second-order valence-corrected chi connectivity index (χ2v) is 5.40. The number of carbonyl (C=O) groups excluding carboxylic acids is 2. The van der Waals surface area contributed by atoms with Crippen LogP contribution in [0.2, 0.25) is 10.0 Å². The number of hydrogen-bond acceptors (Lipinski definition) is 3. The topological polar surface area (TPSA) is 63.4 Å². The Morgan fingerprint density at radius 2 is 1.90 bits per heavy atom. The number of nitrogens with zero attached hydrogens (tertiary/aromatic N) is 1. The van der Waals surface area contributed by atoms with Gasteiger partial charge < -0.3 is 5.73 Å². The highest BCUT2D eigenvalue weighted by atomic mass is 35.5. The molecule has 0 heterocycles. The van der Waals surface area contributed by atoms with Gasteiger partial charge in [0.2, 0.25) is 5.91 Å². The third kappa shape index (κ3) is 5.49. The summed E-state index contributed by atoms with van der Waals surface area (Å²) in [5.74, 6) is -0.552. The van der Waals surface area contributed by atoms with Crippen LogP contribution in [0.4, 0.5) is 0 Å². The van der Waals surface area contributed by atoms with Crippen molar-refractivity contribution >= 4 is 34.9 Å². The molecule has 6 heteroatoms. The van der Waals surface area contributed by atoms with Gasteiger partial charge in [0.05, 0.1) is 23.1 Å². The summed E-state index contributed by atoms with van der Waals surface area (Å²) in [7, 11) is 0. The fourth-order valence-electron chi connectivity index (χ4n) is 1.78. The maximum atomic E-state index is 12.2. The molecule has 0 aliphatic rings. The van der Waals surface area contributed by atoms with Gasteiger partial charge in [-0.15, -0.1) is 0 Å². The lowest BCUT2D eigenvalue weighted by Gasteiger charge is -2.19. The highest BCUT2D eigenvalue weighted by Crippen LogP contribution is 2.22. The number of amides is 1. The van der Waals surface area contributed by atoms with Crippen molar-refractivity contribution in [3.8, 4) is 0 Å². The van der Waals surface area contributed by atoms with Crippen molar-refractivity contribution in [2.75, 3.05) is 19.6 Å². The molecule has 0 saturated carbocycles. The zero-order chi connectivity index (χ0) is 15.1. The molecule has 0 bridgehead atoms. The molecule has 0 aliphatic carbocycles. The van der Waals surface area contributed by atoms with E-state index in [-0.39, 0.29) is 18.9 Å². The van der Waals surface area contributed by atoms with Crippen LogP contribution in [0.1, 0.15) is 30.1 Å². The molecule has 0 aliphatic heterocycles. The average Bonchev–Trinajstić information content (AvgIpc) is 2.38. The fourth-order valence-corrected chi connectivity index (χ4v) is 2.08. The van der Waals surface area contributed by atoms with E-state index in [0.29, 0.717) is 22.2 Å². The van der Waals surface area contributed by atoms with Gasteiger partial charge in [0, 0.05) is 5.56 Å². The Balaban J connectivity index is 2.73. The first kappa shape index (κ1) is 17.0. The van der Waals surface area contributed by atoms with E-state index in [0.717, 1.165) is 12.8 Å². The largest absolute Gasteiger partial charge is 0.369 e. The second kappa shape index (κ2) is 8.25. The molecular formula is C14H18Cl2N2O2. The van der Waals surface area contributed by atoms with E-state index in [9.17, 15) is 9.59 Å². The standard InChI is InChI=1S/C14H18Cl2N2O2/c1-2-3-6-18(9-14(17)20)8-13(19)10-4-5-11(15)12(16)7-10/h4-5,7H,2-3,6,8-9H2,1H3,(H2,17,20). The zero-order valence-electron chi connectivity index (χ0n) is 11.4. The smallest absolute Gasteiger partial charge is 0.231 e. The SMILES string of the molecule is CCCCN(CC(N)=O)CC(=O)c1ccc(Cl)c(Cl)c1. The Morgan fingerprint density at radius 1 is 1.20 bits per heavy atom. The van der Waals surface area contributed by atoms with Crippen molar-refractivity contribution in [3.05, 3.63) is 33.8 Å². The van der Waals surface area contributed by atoms with Crippen molar-refractivity contribution in [1.29, 1.82) is 0 Å². The number of halogens is 2. The number of benzene rings is 1. The van der Waals surface area contributed by atoms with Crippen LogP contribution >= 0.6 is 23.2 Å². The van der Waals surface area contributed by atoms with Gasteiger partial charge in [0.25, 0.3) is 0 Å². The molecule has 1 aromatic carbocycles. The number of hydrogen-bond donors (Lipinski definition) is 1. The summed E-state index contributed by atoms with van der Waals surface area (Å²) in [6.45, 7) is 2.92. The number of primary amides is 1. The highest BCUT2D eigenvalue weighted by molar-refractivity contribution is 6.42. The fraction of sp³-hybridized carbons (Fsp3) is 0.429. The monoisotopic (exact) mass is 316 g/mol. The minimum Gasteiger partial charge on any atom is -0.369 e. The van der Waals surface area contributed by atoms with Crippen LogP contribution in [0.3, 0.4) is 0 Å². The maximum absolute atomic E-state index is 12.2. The molecular weight excluding hydrogens is 299 g/mol. The Bertz CT molecular complexity index is 492. The van der Waals surface area contributed by atoms with Gasteiger partial charge in [-0.2, -0.15) is 0 Å². The number of ketones is 1.